The van der Waals surface area contributed by atoms with Crippen molar-refractivity contribution in [2.75, 3.05) is 5.32 Å². The molecule has 1 N–H and O–H groups in total. The second-order valence-electron chi connectivity index (χ2n) is 6.70. The molecule has 0 saturated heterocycles. The molecule has 6 nitrogen and oxygen atoms in total. The second kappa shape index (κ2) is 8.06. The van der Waals surface area contributed by atoms with E-state index in [1.54, 1.807) is 29.0 Å². The zero-order chi connectivity index (χ0) is 20.2. The predicted octanol–water partition coefficient (Wildman–Crippen LogP) is 4.37. The van der Waals surface area contributed by atoms with E-state index in [1.807, 2.05) is 55.5 Å². The highest BCUT2D eigenvalue weighted by Crippen LogP contribution is 2.25. The molecule has 6 heteroatoms. The summed E-state index contributed by atoms with van der Waals surface area (Å²) in [6, 6.07) is 18.5. The average Bonchev–Trinajstić information content (AvgIpc) is 3.18. The van der Waals surface area contributed by atoms with Crippen LogP contribution in [0.2, 0.25) is 0 Å². The summed E-state index contributed by atoms with van der Waals surface area (Å²) in [6.45, 7) is 1.97. The number of amides is 1. The maximum absolute atomic E-state index is 12.9. The van der Waals surface area contributed by atoms with Crippen LogP contribution in [0.3, 0.4) is 0 Å². The normalized spacial score (nSPS) is 10.8. The van der Waals surface area contributed by atoms with Crippen molar-refractivity contribution in [2.45, 2.75) is 19.8 Å². The molecule has 2 aromatic carbocycles. The summed E-state index contributed by atoms with van der Waals surface area (Å²) in [5.41, 5.74) is 3.92. The molecule has 0 atom stereocenters. The number of benzene rings is 2. The average molecular weight is 384 g/mol. The summed E-state index contributed by atoms with van der Waals surface area (Å²) >= 11 is 0. The third-order valence-electron chi connectivity index (χ3n) is 4.60. The quantitative estimate of drug-likeness (QED) is 0.501. The Bertz CT molecular complexity index is 1180. The van der Waals surface area contributed by atoms with E-state index in [9.17, 15) is 9.59 Å². The number of hydrogen-bond donors (Lipinski definition) is 1. The molecule has 4 aromatic rings. The van der Waals surface area contributed by atoms with Gasteiger partial charge < -0.3 is 5.32 Å². The first kappa shape index (κ1) is 18.6. The SMILES string of the molecule is CCCC(=O)Nc1cccc(-c2ccnc3c(C(=O)c4ccccc4)cnn23)c1. The standard InChI is InChI=1S/C23H20N4O2/c1-2-7-21(28)26-18-11-6-10-17(14-18)20-12-13-24-23-19(15-25-27(20)23)22(29)16-8-4-3-5-9-16/h3-6,8-15H,2,7H2,1H3,(H,26,28). The molecule has 0 aliphatic rings. The largest absolute Gasteiger partial charge is 0.326 e. The van der Waals surface area contributed by atoms with E-state index in [4.69, 9.17) is 0 Å². The maximum Gasteiger partial charge on any atom is 0.224 e. The number of nitrogens with one attached hydrogen (secondary N) is 1. The highest BCUT2D eigenvalue weighted by molar-refractivity contribution is 6.12. The third-order valence-corrected chi connectivity index (χ3v) is 4.60. The van der Waals surface area contributed by atoms with Crippen LogP contribution in [-0.4, -0.2) is 26.3 Å². The van der Waals surface area contributed by atoms with Crippen molar-refractivity contribution in [2.24, 2.45) is 0 Å². The van der Waals surface area contributed by atoms with Crippen molar-refractivity contribution >= 4 is 23.0 Å². The lowest BCUT2D eigenvalue weighted by molar-refractivity contribution is -0.116. The number of rotatable bonds is 6. The van der Waals surface area contributed by atoms with Gasteiger partial charge in [-0.05, 0) is 24.6 Å². The summed E-state index contributed by atoms with van der Waals surface area (Å²) in [7, 11) is 0. The molecule has 0 spiro atoms. The monoisotopic (exact) mass is 384 g/mol. The van der Waals surface area contributed by atoms with E-state index in [0.29, 0.717) is 23.2 Å². The van der Waals surface area contributed by atoms with Gasteiger partial charge in [-0.15, -0.1) is 0 Å². The van der Waals surface area contributed by atoms with Crippen LogP contribution < -0.4 is 5.32 Å². The van der Waals surface area contributed by atoms with Gasteiger partial charge in [-0.25, -0.2) is 9.50 Å². The van der Waals surface area contributed by atoms with Crippen LogP contribution in [0.25, 0.3) is 16.9 Å². The molecule has 0 radical (unpaired) electrons. The second-order valence-corrected chi connectivity index (χ2v) is 6.70. The third kappa shape index (κ3) is 3.78. The molecule has 144 valence electrons. The van der Waals surface area contributed by atoms with Crippen LogP contribution in [0.1, 0.15) is 35.7 Å². The fourth-order valence-corrected chi connectivity index (χ4v) is 3.22. The first-order valence-electron chi connectivity index (χ1n) is 9.50. The van der Waals surface area contributed by atoms with Gasteiger partial charge >= 0.3 is 0 Å². The smallest absolute Gasteiger partial charge is 0.224 e. The van der Waals surface area contributed by atoms with Gasteiger partial charge in [-0.1, -0.05) is 49.4 Å². The van der Waals surface area contributed by atoms with Crippen LogP contribution in [0.4, 0.5) is 5.69 Å². The molecule has 0 aliphatic heterocycles. The molecule has 0 fully saturated rings. The molecule has 1 amide bonds. The van der Waals surface area contributed by atoms with E-state index < -0.39 is 0 Å². The molecular weight excluding hydrogens is 364 g/mol. The van der Waals surface area contributed by atoms with Gasteiger partial charge in [-0.3, -0.25) is 9.59 Å². The van der Waals surface area contributed by atoms with Crippen LogP contribution in [0, 0.1) is 0 Å². The van der Waals surface area contributed by atoms with Crippen molar-refractivity contribution in [3.8, 4) is 11.3 Å². The fraction of sp³-hybridized carbons (Fsp3) is 0.130. The number of ketones is 1. The van der Waals surface area contributed by atoms with Gasteiger partial charge in [-0.2, -0.15) is 5.10 Å². The highest BCUT2D eigenvalue weighted by Gasteiger charge is 2.17. The highest BCUT2D eigenvalue weighted by atomic mass is 16.1. The van der Waals surface area contributed by atoms with Crippen molar-refractivity contribution < 1.29 is 9.59 Å². The lowest BCUT2D eigenvalue weighted by Crippen LogP contribution is -2.10. The molecule has 2 aromatic heterocycles. The lowest BCUT2D eigenvalue weighted by atomic mass is 10.1. The zero-order valence-corrected chi connectivity index (χ0v) is 16.0. The Kier molecular flexibility index (Phi) is 5.16. The molecule has 0 saturated carbocycles. The Balaban J connectivity index is 1.72. The number of anilines is 1. The van der Waals surface area contributed by atoms with Crippen molar-refractivity contribution in [1.29, 1.82) is 0 Å². The van der Waals surface area contributed by atoms with E-state index in [1.165, 1.54) is 0 Å². The van der Waals surface area contributed by atoms with Crippen molar-refractivity contribution in [3.63, 3.8) is 0 Å². The summed E-state index contributed by atoms with van der Waals surface area (Å²) in [5, 5.41) is 7.32. The Morgan fingerprint density at radius 1 is 1.03 bits per heavy atom. The predicted molar refractivity (Wildman–Crippen MR) is 112 cm³/mol. The zero-order valence-electron chi connectivity index (χ0n) is 16.0. The topological polar surface area (TPSA) is 76.4 Å². The van der Waals surface area contributed by atoms with Crippen LogP contribution in [-0.2, 0) is 4.79 Å². The number of carbonyl (C=O) groups is 2. The minimum Gasteiger partial charge on any atom is -0.326 e. The van der Waals surface area contributed by atoms with Gasteiger partial charge in [0.15, 0.2) is 11.4 Å². The lowest BCUT2D eigenvalue weighted by Gasteiger charge is -2.09. The first-order chi connectivity index (χ1) is 14.2. The summed E-state index contributed by atoms with van der Waals surface area (Å²) < 4.78 is 1.66. The molecular formula is C23H20N4O2. The van der Waals surface area contributed by atoms with Crippen molar-refractivity contribution in [1.82, 2.24) is 14.6 Å². The number of nitrogens with zero attached hydrogens (tertiary/aromatic N) is 3. The van der Waals surface area contributed by atoms with E-state index >= 15 is 0 Å². The number of carbonyl (C=O) groups excluding carboxylic acids is 2. The molecule has 29 heavy (non-hydrogen) atoms. The summed E-state index contributed by atoms with van der Waals surface area (Å²) in [5.74, 6) is -0.134. The van der Waals surface area contributed by atoms with Crippen LogP contribution >= 0.6 is 0 Å². The Morgan fingerprint density at radius 3 is 2.66 bits per heavy atom. The number of aromatic nitrogens is 3. The van der Waals surface area contributed by atoms with Crippen molar-refractivity contribution in [3.05, 3.63) is 84.2 Å². The molecule has 0 aliphatic carbocycles. The van der Waals surface area contributed by atoms with Gasteiger partial charge in [0.05, 0.1) is 17.5 Å². The van der Waals surface area contributed by atoms with E-state index in [0.717, 1.165) is 23.4 Å². The first-order valence-corrected chi connectivity index (χ1v) is 9.50. The fourth-order valence-electron chi connectivity index (χ4n) is 3.22. The Hall–Kier alpha value is -3.80. The maximum atomic E-state index is 12.9. The summed E-state index contributed by atoms with van der Waals surface area (Å²) in [6.07, 6.45) is 4.49. The van der Waals surface area contributed by atoms with Gasteiger partial charge in [0.1, 0.15) is 0 Å². The number of fused-ring (bicyclic) bond motifs is 1. The van der Waals surface area contributed by atoms with Crippen LogP contribution in [0.5, 0.6) is 0 Å². The van der Waals surface area contributed by atoms with E-state index in [-0.39, 0.29) is 11.7 Å². The summed E-state index contributed by atoms with van der Waals surface area (Å²) in [4.78, 5) is 29.2. The van der Waals surface area contributed by atoms with E-state index in [2.05, 4.69) is 15.4 Å². The Morgan fingerprint density at radius 2 is 1.86 bits per heavy atom. The Labute approximate surface area is 168 Å². The molecule has 2 heterocycles. The molecule has 0 unspecified atom stereocenters. The minimum atomic E-state index is -0.120. The molecule has 4 rings (SSSR count). The van der Waals surface area contributed by atoms with Gasteiger partial charge in [0.25, 0.3) is 0 Å². The minimum absolute atomic E-state index is 0.0145. The number of hydrogen-bond acceptors (Lipinski definition) is 4. The van der Waals surface area contributed by atoms with Crippen LogP contribution in [0.15, 0.2) is 73.1 Å². The van der Waals surface area contributed by atoms with Gasteiger partial charge in [0.2, 0.25) is 5.91 Å². The van der Waals surface area contributed by atoms with Gasteiger partial charge in [0, 0.05) is 29.4 Å². The molecule has 0 bridgehead atoms.